The molecule has 0 saturated carbocycles. The average molecular weight is 272 g/mol. The van der Waals surface area contributed by atoms with Crippen LogP contribution in [0.3, 0.4) is 0 Å². The van der Waals surface area contributed by atoms with E-state index in [1.165, 1.54) is 0 Å². The first-order valence-electron chi connectivity index (χ1n) is 5.01. The van der Waals surface area contributed by atoms with Crippen molar-refractivity contribution in [3.63, 3.8) is 0 Å². The Labute approximate surface area is 102 Å². The zero-order chi connectivity index (χ0) is 11.5. The van der Waals surface area contributed by atoms with Crippen molar-refractivity contribution in [2.75, 3.05) is 26.0 Å². The molecule has 0 bridgehead atoms. The highest BCUT2D eigenvalue weighted by Crippen LogP contribution is 2.29. The smallest absolute Gasteiger partial charge is 0.327 e. The summed E-state index contributed by atoms with van der Waals surface area (Å²) in [4.78, 5) is 11.7. The third kappa shape index (κ3) is 2.87. The van der Waals surface area contributed by atoms with Crippen LogP contribution in [0.1, 0.15) is 19.8 Å². The van der Waals surface area contributed by atoms with Gasteiger partial charge in [0.25, 0.3) is 0 Å². The average Bonchev–Trinajstić information content (AvgIpc) is 2.17. The minimum atomic E-state index is -3.42. The second kappa shape index (κ2) is 5.84. The Morgan fingerprint density at radius 2 is 1.88 bits per heavy atom. The predicted molar refractivity (Wildman–Crippen MR) is 63.6 cm³/mol. The molecule has 0 amide bonds. The number of rotatable bonds is 3. The summed E-state index contributed by atoms with van der Waals surface area (Å²) in [5.74, 6) is -0.603. The van der Waals surface area contributed by atoms with E-state index in [1.807, 2.05) is 0 Å². The SMILES string of the molecule is CCOC(=O)C1(S(C)(=O)=O)CCNCC1.Cl. The fourth-order valence-corrected chi connectivity index (χ4v) is 3.13. The topological polar surface area (TPSA) is 72.5 Å². The maximum Gasteiger partial charge on any atom is 0.327 e. The molecule has 16 heavy (non-hydrogen) atoms. The van der Waals surface area contributed by atoms with Gasteiger partial charge in [0.1, 0.15) is 0 Å². The van der Waals surface area contributed by atoms with E-state index in [9.17, 15) is 13.2 Å². The maximum absolute atomic E-state index is 11.7. The van der Waals surface area contributed by atoms with Crippen LogP contribution in [0, 0.1) is 0 Å². The molecule has 0 radical (unpaired) electrons. The minimum absolute atomic E-state index is 0. The summed E-state index contributed by atoms with van der Waals surface area (Å²) in [6.45, 7) is 2.95. The van der Waals surface area contributed by atoms with Crippen molar-refractivity contribution in [1.29, 1.82) is 0 Å². The summed E-state index contributed by atoms with van der Waals surface area (Å²) in [7, 11) is -3.42. The molecule has 96 valence electrons. The van der Waals surface area contributed by atoms with Gasteiger partial charge in [0.15, 0.2) is 14.6 Å². The minimum Gasteiger partial charge on any atom is -0.465 e. The van der Waals surface area contributed by atoms with Gasteiger partial charge >= 0.3 is 5.97 Å². The van der Waals surface area contributed by atoms with Crippen molar-refractivity contribution in [2.45, 2.75) is 24.5 Å². The number of halogens is 1. The second-order valence-corrected chi connectivity index (χ2v) is 6.06. The number of hydrogen-bond acceptors (Lipinski definition) is 5. The van der Waals surface area contributed by atoms with Gasteiger partial charge in [-0.15, -0.1) is 12.4 Å². The molecule has 1 fully saturated rings. The molecule has 0 unspecified atom stereocenters. The Morgan fingerprint density at radius 3 is 2.25 bits per heavy atom. The molecule has 0 atom stereocenters. The van der Waals surface area contributed by atoms with Crippen LogP contribution in [0.15, 0.2) is 0 Å². The summed E-state index contributed by atoms with van der Waals surface area (Å²) in [6, 6.07) is 0. The van der Waals surface area contributed by atoms with Crippen LogP contribution in [0.5, 0.6) is 0 Å². The van der Waals surface area contributed by atoms with Gasteiger partial charge in [-0.3, -0.25) is 4.79 Å². The van der Waals surface area contributed by atoms with Gasteiger partial charge in [0.05, 0.1) is 6.61 Å². The molecular weight excluding hydrogens is 254 g/mol. The van der Waals surface area contributed by atoms with Gasteiger partial charge < -0.3 is 10.1 Å². The van der Waals surface area contributed by atoms with Crippen LogP contribution in [0.25, 0.3) is 0 Å². The lowest BCUT2D eigenvalue weighted by molar-refractivity contribution is -0.147. The first kappa shape index (κ1) is 15.7. The number of sulfone groups is 1. The summed E-state index contributed by atoms with van der Waals surface area (Å²) in [6.07, 6.45) is 1.70. The maximum atomic E-state index is 11.7. The highest BCUT2D eigenvalue weighted by molar-refractivity contribution is 7.92. The van der Waals surface area contributed by atoms with Crippen LogP contribution in [0.4, 0.5) is 0 Å². The van der Waals surface area contributed by atoms with Gasteiger partial charge in [0, 0.05) is 6.26 Å². The number of carbonyl (C=O) groups is 1. The van der Waals surface area contributed by atoms with Crippen molar-refractivity contribution in [1.82, 2.24) is 5.32 Å². The lowest BCUT2D eigenvalue weighted by Crippen LogP contribution is -2.53. The molecule has 1 aliphatic rings. The van der Waals surface area contributed by atoms with E-state index < -0.39 is 20.6 Å². The first-order valence-corrected chi connectivity index (χ1v) is 6.91. The summed E-state index contributed by atoms with van der Waals surface area (Å²) >= 11 is 0. The molecule has 1 aliphatic heterocycles. The van der Waals surface area contributed by atoms with Crippen LogP contribution >= 0.6 is 12.4 Å². The van der Waals surface area contributed by atoms with Crippen molar-refractivity contribution in [2.24, 2.45) is 0 Å². The lowest BCUT2D eigenvalue weighted by Gasteiger charge is -2.33. The molecule has 0 spiro atoms. The lowest BCUT2D eigenvalue weighted by atomic mass is 9.97. The molecule has 1 heterocycles. The zero-order valence-corrected chi connectivity index (χ0v) is 11.1. The predicted octanol–water partition coefficient (Wildman–Crippen LogP) is 0.138. The number of piperidine rings is 1. The number of carbonyl (C=O) groups excluding carboxylic acids is 1. The van der Waals surface area contributed by atoms with E-state index in [-0.39, 0.29) is 19.0 Å². The molecule has 1 saturated heterocycles. The van der Waals surface area contributed by atoms with E-state index in [2.05, 4.69) is 5.32 Å². The van der Waals surface area contributed by atoms with Gasteiger partial charge in [-0.25, -0.2) is 8.42 Å². The number of hydrogen-bond donors (Lipinski definition) is 1. The Hall–Kier alpha value is -0.330. The normalized spacial score (nSPS) is 19.6. The fraction of sp³-hybridized carbons (Fsp3) is 0.889. The summed E-state index contributed by atoms with van der Waals surface area (Å²) < 4.78 is 26.9. The van der Waals surface area contributed by atoms with E-state index in [4.69, 9.17) is 4.74 Å². The monoisotopic (exact) mass is 271 g/mol. The van der Waals surface area contributed by atoms with Gasteiger partial charge in [0.2, 0.25) is 0 Å². The summed E-state index contributed by atoms with van der Waals surface area (Å²) in [5.41, 5.74) is 0. The van der Waals surface area contributed by atoms with E-state index in [1.54, 1.807) is 6.92 Å². The molecule has 0 aliphatic carbocycles. The molecule has 0 aromatic rings. The highest BCUT2D eigenvalue weighted by Gasteiger charge is 2.49. The summed E-state index contributed by atoms with van der Waals surface area (Å²) in [5, 5.41) is 3.04. The second-order valence-electron chi connectivity index (χ2n) is 3.74. The van der Waals surface area contributed by atoms with Crippen molar-refractivity contribution in [3.8, 4) is 0 Å². The van der Waals surface area contributed by atoms with Gasteiger partial charge in [-0.1, -0.05) is 0 Å². The van der Waals surface area contributed by atoms with E-state index >= 15 is 0 Å². The number of esters is 1. The fourth-order valence-electron chi connectivity index (χ4n) is 1.82. The molecular formula is C9H18ClNO4S. The largest absolute Gasteiger partial charge is 0.465 e. The van der Waals surface area contributed by atoms with Crippen LogP contribution < -0.4 is 5.32 Å². The Kier molecular flexibility index (Phi) is 5.72. The molecule has 1 rings (SSSR count). The Balaban J connectivity index is 0.00000225. The van der Waals surface area contributed by atoms with Crippen LogP contribution in [-0.2, 0) is 19.4 Å². The molecule has 0 aromatic carbocycles. The third-order valence-electron chi connectivity index (χ3n) is 2.77. The van der Waals surface area contributed by atoms with Crippen molar-refractivity contribution < 1.29 is 17.9 Å². The zero-order valence-electron chi connectivity index (χ0n) is 9.49. The molecule has 1 N–H and O–H groups in total. The van der Waals surface area contributed by atoms with Crippen molar-refractivity contribution >= 4 is 28.2 Å². The number of ether oxygens (including phenoxy) is 1. The van der Waals surface area contributed by atoms with Crippen LogP contribution in [0.2, 0.25) is 0 Å². The molecule has 5 nitrogen and oxygen atoms in total. The van der Waals surface area contributed by atoms with Gasteiger partial charge in [-0.05, 0) is 32.9 Å². The van der Waals surface area contributed by atoms with Crippen LogP contribution in [-0.4, -0.2) is 45.1 Å². The quantitative estimate of drug-likeness (QED) is 0.739. The van der Waals surface area contributed by atoms with Crippen molar-refractivity contribution in [3.05, 3.63) is 0 Å². The Morgan fingerprint density at radius 1 is 1.38 bits per heavy atom. The van der Waals surface area contributed by atoms with E-state index in [0.717, 1.165) is 6.26 Å². The van der Waals surface area contributed by atoms with Gasteiger partial charge in [-0.2, -0.15) is 0 Å². The molecule has 7 heteroatoms. The third-order valence-corrected chi connectivity index (χ3v) is 4.76. The Bertz CT molecular complexity index is 335. The molecule has 0 aromatic heterocycles. The standard InChI is InChI=1S/C9H17NO4S.ClH/c1-3-14-8(11)9(15(2,12)13)4-6-10-7-5-9;/h10H,3-7H2,1-2H3;1H. The number of nitrogens with one attached hydrogen (secondary N) is 1. The highest BCUT2D eigenvalue weighted by atomic mass is 35.5. The van der Waals surface area contributed by atoms with E-state index in [0.29, 0.717) is 25.9 Å². The first-order chi connectivity index (χ1) is 6.94.